The number of hydrogen-bond acceptors (Lipinski definition) is 2. The average Bonchev–Trinajstić information content (AvgIpc) is 2.26. The molecule has 2 atom stereocenters. The maximum absolute atomic E-state index is 13.4. The van der Waals surface area contributed by atoms with E-state index in [0.717, 1.165) is 6.42 Å². The van der Waals surface area contributed by atoms with Crippen LogP contribution < -0.4 is 10.1 Å². The zero-order valence-corrected chi connectivity index (χ0v) is 9.96. The van der Waals surface area contributed by atoms with Crippen LogP contribution in [0.15, 0.2) is 24.3 Å². The third-order valence-electron chi connectivity index (χ3n) is 3.63. The largest absolute Gasteiger partial charge is 0.487 e. The normalized spacial score (nSPS) is 27.2. The van der Waals surface area contributed by atoms with Crippen molar-refractivity contribution >= 4 is 0 Å². The molecule has 1 saturated carbocycles. The Labute approximate surface area is 95.8 Å². The molecule has 0 aliphatic heterocycles. The van der Waals surface area contributed by atoms with Crippen molar-refractivity contribution in [1.29, 1.82) is 0 Å². The molecule has 1 aromatic carbocycles. The molecular weight excluding hydrogens is 205 g/mol. The number of halogens is 1. The molecule has 1 aliphatic rings. The van der Waals surface area contributed by atoms with Crippen LogP contribution in [0.5, 0.6) is 5.75 Å². The van der Waals surface area contributed by atoms with Gasteiger partial charge in [-0.2, -0.15) is 0 Å². The van der Waals surface area contributed by atoms with Gasteiger partial charge >= 0.3 is 0 Å². The maximum Gasteiger partial charge on any atom is 0.165 e. The van der Waals surface area contributed by atoms with Crippen molar-refractivity contribution < 1.29 is 9.13 Å². The number of rotatable bonds is 3. The predicted octanol–water partition coefficient (Wildman–Crippen LogP) is 2.59. The SMILES string of the molecule is CNC1CC(Oc2ccccc2F)C1(C)C. The average molecular weight is 223 g/mol. The standard InChI is InChI=1S/C13H18FNO/c1-13(2)11(15-3)8-12(13)16-10-7-5-4-6-9(10)14/h4-7,11-12,15H,8H2,1-3H3. The Morgan fingerprint density at radius 1 is 1.38 bits per heavy atom. The number of ether oxygens (including phenoxy) is 1. The van der Waals surface area contributed by atoms with Crippen molar-refractivity contribution in [2.75, 3.05) is 7.05 Å². The van der Waals surface area contributed by atoms with E-state index < -0.39 is 0 Å². The molecule has 16 heavy (non-hydrogen) atoms. The minimum Gasteiger partial charge on any atom is -0.487 e. The summed E-state index contributed by atoms with van der Waals surface area (Å²) in [5.74, 6) is 0.0707. The van der Waals surface area contributed by atoms with Gasteiger partial charge < -0.3 is 10.1 Å². The van der Waals surface area contributed by atoms with Gasteiger partial charge in [-0.25, -0.2) is 4.39 Å². The van der Waals surface area contributed by atoms with Gasteiger partial charge in [0, 0.05) is 17.9 Å². The lowest BCUT2D eigenvalue weighted by atomic mass is 9.64. The minimum absolute atomic E-state index is 0.0526. The molecule has 1 aliphatic carbocycles. The van der Waals surface area contributed by atoms with Crippen LogP contribution in [0.2, 0.25) is 0 Å². The van der Waals surface area contributed by atoms with Crippen LogP contribution in [0.4, 0.5) is 4.39 Å². The first kappa shape index (κ1) is 11.4. The molecule has 0 radical (unpaired) electrons. The molecule has 3 heteroatoms. The highest BCUT2D eigenvalue weighted by Crippen LogP contribution is 2.43. The topological polar surface area (TPSA) is 21.3 Å². The van der Waals surface area contributed by atoms with E-state index in [1.807, 2.05) is 7.05 Å². The zero-order valence-electron chi connectivity index (χ0n) is 9.96. The van der Waals surface area contributed by atoms with Crippen LogP contribution in [0.1, 0.15) is 20.3 Å². The minimum atomic E-state index is -0.286. The fraction of sp³-hybridized carbons (Fsp3) is 0.538. The Morgan fingerprint density at radius 2 is 2.06 bits per heavy atom. The molecule has 0 heterocycles. The molecule has 2 nitrogen and oxygen atoms in total. The first-order chi connectivity index (χ1) is 7.55. The molecule has 88 valence electrons. The van der Waals surface area contributed by atoms with E-state index >= 15 is 0 Å². The predicted molar refractivity (Wildman–Crippen MR) is 62.1 cm³/mol. The zero-order chi connectivity index (χ0) is 11.8. The second kappa shape index (κ2) is 4.06. The van der Waals surface area contributed by atoms with E-state index in [4.69, 9.17) is 4.74 Å². The molecule has 0 aromatic heterocycles. The monoisotopic (exact) mass is 223 g/mol. The molecule has 0 amide bonds. The van der Waals surface area contributed by atoms with Crippen LogP contribution in [-0.2, 0) is 0 Å². The van der Waals surface area contributed by atoms with Gasteiger partial charge in [-0.15, -0.1) is 0 Å². The summed E-state index contributed by atoms with van der Waals surface area (Å²) >= 11 is 0. The van der Waals surface area contributed by atoms with Crippen molar-refractivity contribution in [2.24, 2.45) is 5.41 Å². The van der Waals surface area contributed by atoms with Crippen molar-refractivity contribution in [1.82, 2.24) is 5.32 Å². The van der Waals surface area contributed by atoms with Crippen LogP contribution in [-0.4, -0.2) is 19.2 Å². The number of nitrogens with one attached hydrogen (secondary N) is 1. The summed E-state index contributed by atoms with van der Waals surface area (Å²) in [6.45, 7) is 4.28. The third kappa shape index (κ3) is 1.80. The summed E-state index contributed by atoms with van der Waals surface area (Å²) in [4.78, 5) is 0. The van der Waals surface area contributed by atoms with E-state index in [9.17, 15) is 4.39 Å². The number of hydrogen-bond donors (Lipinski definition) is 1. The van der Waals surface area contributed by atoms with E-state index in [1.165, 1.54) is 6.07 Å². The van der Waals surface area contributed by atoms with Crippen LogP contribution in [0.25, 0.3) is 0 Å². The van der Waals surface area contributed by atoms with Crippen LogP contribution in [0, 0.1) is 11.2 Å². The summed E-state index contributed by atoms with van der Waals surface area (Å²) in [5.41, 5.74) is 0.0526. The van der Waals surface area contributed by atoms with Gasteiger partial charge in [0.25, 0.3) is 0 Å². The van der Waals surface area contributed by atoms with Crippen LogP contribution in [0.3, 0.4) is 0 Å². The summed E-state index contributed by atoms with van der Waals surface area (Å²) < 4.78 is 19.1. The Hall–Kier alpha value is -1.09. The lowest BCUT2D eigenvalue weighted by Gasteiger charge is -2.51. The molecule has 1 fully saturated rings. The van der Waals surface area contributed by atoms with Crippen molar-refractivity contribution in [3.05, 3.63) is 30.1 Å². The second-order valence-electron chi connectivity index (χ2n) is 4.94. The lowest BCUT2D eigenvalue weighted by molar-refractivity contribution is -0.0538. The Kier molecular flexibility index (Phi) is 2.89. The second-order valence-corrected chi connectivity index (χ2v) is 4.94. The van der Waals surface area contributed by atoms with Crippen LogP contribution >= 0.6 is 0 Å². The molecular formula is C13H18FNO. The lowest BCUT2D eigenvalue weighted by Crippen LogP contribution is -2.61. The van der Waals surface area contributed by atoms with E-state index in [-0.39, 0.29) is 17.3 Å². The third-order valence-corrected chi connectivity index (χ3v) is 3.63. The van der Waals surface area contributed by atoms with E-state index in [2.05, 4.69) is 19.2 Å². The fourth-order valence-electron chi connectivity index (χ4n) is 2.27. The van der Waals surface area contributed by atoms with Crippen molar-refractivity contribution in [3.8, 4) is 5.75 Å². The van der Waals surface area contributed by atoms with Gasteiger partial charge in [-0.3, -0.25) is 0 Å². The summed E-state index contributed by atoms with van der Waals surface area (Å²) in [7, 11) is 1.95. The van der Waals surface area contributed by atoms with Crippen molar-refractivity contribution in [3.63, 3.8) is 0 Å². The highest BCUT2D eigenvalue weighted by Gasteiger charge is 2.49. The number of para-hydroxylation sites is 1. The first-order valence-corrected chi connectivity index (χ1v) is 5.64. The molecule has 1 N–H and O–H groups in total. The summed E-state index contributed by atoms with van der Waals surface area (Å²) in [6.07, 6.45) is 1.01. The van der Waals surface area contributed by atoms with Gasteiger partial charge in [0.1, 0.15) is 6.10 Å². The molecule has 0 spiro atoms. The van der Waals surface area contributed by atoms with E-state index in [1.54, 1.807) is 18.2 Å². The summed E-state index contributed by atoms with van der Waals surface area (Å²) in [5, 5.41) is 3.25. The molecule has 0 bridgehead atoms. The first-order valence-electron chi connectivity index (χ1n) is 5.64. The number of benzene rings is 1. The van der Waals surface area contributed by atoms with Gasteiger partial charge in [0.2, 0.25) is 0 Å². The molecule has 1 aromatic rings. The summed E-state index contributed by atoms with van der Waals surface area (Å²) in [6, 6.07) is 7.02. The highest BCUT2D eigenvalue weighted by molar-refractivity contribution is 5.25. The Bertz CT molecular complexity index is 378. The highest BCUT2D eigenvalue weighted by atomic mass is 19.1. The van der Waals surface area contributed by atoms with Crippen molar-refractivity contribution in [2.45, 2.75) is 32.4 Å². The Morgan fingerprint density at radius 3 is 2.62 bits per heavy atom. The quantitative estimate of drug-likeness (QED) is 0.850. The van der Waals surface area contributed by atoms with Gasteiger partial charge in [-0.05, 0) is 19.2 Å². The smallest absolute Gasteiger partial charge is 0.165 e. The molecule has 2 unspecified atom stereocenters. The molecule has 2 rings (SSSR count). The fourth-order valence-corrected chi connectivity index (χ4v) is 2.27. The van der Waals surface area contributed by atoms with Gasteiger partial charge in [-0.1, -0.05) is 26.0 Å². The van der Waals surface area contributed by atoms with E-state index in [0.29, 0.717) is 11.8 Å². The maximum atomic E-state index is 13.4. The van der Waals surface area contributed by atoms with Gasteiger partial charge in [0.05, 0.1) is 0 Å². The molecule has 0 saturated heterocycles. The van der Waals surface area contributed by atoms with Gasteiger partial charge in [0.15, 0.2) is 11.6 Å². The Balaban J connectivity index is 2.05.